The first kappa shape index (κ1) is 41.5. The predicted molar refractivity (Wildman–Crippen MR) is 143 cm³/mol. The van der Waals surface area contributed by atoms with Crippen LogP contribution in [0.15, 0.2) is 91.0 Å². The Balaban J connectivity index is -0.000000632. The molecular weight excluding hydrogens is 506 g/mol. The minimum atomic E-state index is -2.17. The number of hydrogen-bond donors (Lipinski definition) is 12. The van der Waals surface area contributed by atoms with E-state index < -0.39 is 29.3 Å². The molecule has 0 aromatic heterocycles. The molecule has 0 radical (unpaired) electrons. The average Bonchev–Trinajstić information content (AvgIpc) is 2.83. The Labute approximate surface area is 241 Å². The van der Waals surface area contributed by atoms with Gasteiger partial charge in [-0.05, 0) is 16.7 Å². The van der Waals surface area contributed by atoms with Crippen LogP contribution in [0.2, 0.25) is 0 Å². The van der Waals surface area contributed by atoms with Crippen molar-refractivity contribution in [2.45, 2.75) is 18.3 Å². The minimum Gasteiger partial charge on any atom is -0.402 e. The molecule has 0 aliphatic carbocycles. The van der Waals surface area contributed by atoms with Crippen molar-refractivity contribution >= 4 is 29.3 Å². The average molecular weight is 540 g/mol. The summed E-state index contributed by atoms with van der Waals surface area (Å²) in [4.78, 5) is 0. The molecule has 39 heavy (non-hydrogen) atoms. The Kier molecular flexibility index (Phi) is 26.7. The molecule has 206 valence electrons. The van der Waals surface area contributed by atoms with Crippen LogP contribution in [0.25, 0.3) is 0 Å². The predicted octanol–water partition coefficient (Wildman–Crippen LogP) is -5.57. The van der Waals surface area contributed by atoms with E-state index in [0.717, 1.165) is 12.8 Å². The molecular formula is C22H33B4LiO12. The summed E-state index contributed by atoms with van der Waals surface area (Å²) in [7, 11) is -8.67. The first-order valence-corrected chi connectivity index (χ1v) is 10.9. The van der Waals surface area contributed by atoms with Gasteiger partial charge in [-0.25, -0.2) is 0 Å². The maximum absolute atomic E-state index is 7.17. The van der Waals surface area contributed by atoms with E-state index in [4.69, 9.17) is 60.3 Å². The molecule has 3 aromatic rings. The maximum atomic E-state index is 7.17. The van der Waals surface area contributed by atoms with E-state index in [-0.39, 0.29) is 24.3 Å². The van der Waals surface area contributed by atoms with Gasteiger partial charge in [-0.1, -0.05) is 97.4 Å². The summed E-state index contributed by atoms with van der Waals surface area (Å²) in [6, 6.07) is 32.4. The summed E-state index contributed by atoms with van der Waals surface area (Å²) in [5, 5.41) is 86.0. The van der Waals surface area contributed by atoms with Gasteiger partial charge >= 0.3 is 48.1 Å². The zero-order chi connectivity index (χ0) is 29.6. The fraction of sp³-hybridized carbons (Fsp3) is 0.136. The molecule has 0 aliphatic heterocycles. The Hall–Kier alpha value is -1.96. The van der Waals surface area contributed by atoms with Crippen LogP contribution in [0.5, 0.6) is 0 Å². The molecule has 0 heterocycles. The second-order valence-corrected chi connectivity index (χ2v) is 6.99. The van der Waals surface area contributed by atoms with E-state index in [0.29, 0.717) is 0 Å². The Morgan fingerprint density at radius 2 is 0.615 bits per heavy atom. The van der Waals surface area contributed by atoms with Crippen molar-refractivity contribution in [3.8, 4) is 0 Å². The fourth-order valence-corrected chi connectivity index (χ4v) is 3.37. The Morgan fingerprint density at radius 3 is 0.769 bits per heavy atom. The van der Waals surface area contributed by atoms with Gasteiger partial charge in [-0.2, -0.15) is 6.42 Å². The van der Waals surface area contributed by atoms with Crippen molar-refractivity contribution in [1.82, 2.24) is 0 Å². The number of rotatable bonds is 5. The molecule has 0 saturated heterocycles. The Bertz CT molecular complexity index is 783. The summed E-state index contributed by atoms with van der Waals surface area (Å²) in [6.07, 6.45) is 1.88. The summed E-state index contributed by atoms with van der Waals surface area (Å²) >= 11 is 0. The fourth-order valence-electron chi connectivity index (χ4n) is 3.37. The van der Waals surface area contributed by atoms with Gasteiger partial charge in [0.2, 0.25) is 0 Å². The second-order valence-electron chi connectivity index (χ2n) is 6.99. The monoisotopic (exact) mass is 540 g/mol. The quantitative estimate of drug-likeness (QED) is 0.0825. The number of hydrogen-bond acceptors (Lipinski definition) is 12. The molecule has 0 spiro atoms. The van der Waals surface area contributed by atoms with Crippen molar-refractivity contribution in [2.75, 3.05) is 0 Å². The summed E-state index contributed by atoms with van der Waals surface area (Å²) in [6.45, 7) is 4.15. The Morgan fingerprint density at radius 1 is 0.436 bits per heavy atom. The van der Waals surface area contributed by atoms with Crippen LogP contribution in [0.4, 0.5) is 0 Å². The van der Waals surface area contributed by atoms with E-state index in [2.05, 4.69) is 97.9 Å². The molecule has 12 nitrogen and oxygen atoms in total. The first-order valence-electron chi connectivity index (χ1n) is 10.9. The van der Waals surface area contributed by atoms with Crippen LogP contribution in [0, 0.1) is 6.92 Å². The molecule has 12 N–H and O–H groups in total. The largest absolute Gasteiger partial charge is 1.00 e. The summed E-state index contributed by atoms with van der Waals surface area (Å²) in [5.41, 5.74) is 3.86. The molecule has 0 bridgehead atoms. The van der Waals surface area contributed by atoms with Crippen LogP contribution in [0.3, 0.4) is 0 Å². The van der Waals surface area contributed by atoms with Crippen LogP contribution in [-0.4, -0.2) is 89.6 Å². The van der Waals surface area contributed by atoms with Crippen molar-refractivity contribution in [2.24, 2.45) is 0 Å². The minimum absolute atomic E-state index is 0. The van der Waals surface area contributed by atoms with Crippen molar-refractivity contribution < 1.29 is 79.1 Å². The number of benzene rings is 3. The standard InChI is InChI=1S/C22H21.4BH3O3.Li/c1-2-18-22(19-12-6-3-7-13-19,20-14-8-4-9-15-20)21-16-10-5-11-17-21;4*2-1(3)4;/h3-17H,1-2,18H2;4*2-4H;/q-1;;;;;+1. The molecule has 3 aromatic carbocycles. The van der Waals surface area contributed by atoms with Crippen LogP contribution < -0.4 is 18.9 Å². The van der Waals surface area contributed by atoms with Crippen LogP contribution in [-0.2, 0) is 5.41 Å². The summed E-state index contributed by atoms with van der Waals surface area (Å²) in [5.74, 6) is 0. The molecule has 0 fully saturated rings. The van der Waals surface area contributed by atoms with E-state index >= 15 is 0 Å². The van der Waals surface area contributed by atoms with Crippen molar-refractivity contribution in [3.05, 3.63) is 115 Å². The van der Waals surface area contributed by atoms with Gasteiger partial charge in [0.1, 0.15) is 0 Å². The molecule has 0 atom stereocenters. The maximum Gasteiger partial charge on any atom is 1.00 e. The molecule has 0 saturated carbocycles. The zero-order valence-corrected chi connectivity index (χ0v) is 21.5. The van der Waals surface area contributed by atoms with Gasteiger partial charge in [0.15, 0.2) is 0 Å². The van der Waals surface area contributed by atoms with Crippen LogP contribution >= 0.6 is 0 Å². The van der Waals surface area contributed by atoms with E-state index in [1.54, 1.807) is 0 Å². The van der Waals surface area contributed by atoms with Crippen molar-refractivity contribution in [1.29, 1.82) is 0 Å². The first-order chi connectivity index (χ1) is 17.8. The molecule has 0 aliphatic rings. The third-order valence-electron chi connectivity index (χ3n) is 4.35. The van der Waals surface area contributed by atoms with E-state index in [9.17, 15) is 0 Å². The third kappa shape index (κ3) is 21.5. The SMILES string of the molecule is OB(O)O.OB(O)O.OB(O)O.OB(O)O.[CH2-]CCC(c1ccccc1)(c1ccccc1)c1ccccc1.[Li+]. The molecule has 0 unspecified atom stereocenters. The zero-order valence-electron chi connectivity index (χ0n) is 21.5. The molecule has 3 rings (SSSR count). The topological polar surface area (TPSA) is 243 Å². The van der Waals surface area contributed by atoms with Gasteiger partial charge in [0.25, 0.3) is 0 Å². The van der Waals surface area contributed by atoms with E-state index in [1.165, 1.54) is 16.7 Å². The van der Waals surface area contributed by atoms with Gasteiger partial charge in [0.05, 0.1) is 0 Å². The van der Waals surface area contributed by atoms with Gasteiger partial charge in [-0.15, -0.1) is 0 Å². The molecule has 17 heteroatoms. The van der Waals surface area contributed by atoms with Gasteiger partial charge < -0.3 is 67.2 Å². The smallest absolute Gasteiger partial charge is 0.402 e. The second kappa shape index (κ2) is 25.0. The van der Waals surface area contributed by atoms with Gasteiger partial charge in [-0.3, -0.25) is 0 Å². The van der Waals surface area contributed by atoms with Crippen molar-refractivity contribution in [3.63, 3.8) is 0 Å². The summed E-state index contributed by atoms with van der Waals surface area (Å²) < 4.78 is 0. The third-order valence-corrected chi connectivity index (χ3v) is 4.35. The van der Waals surface area contributed by atoms with Crippen LogP contribution in [0.1, 0.15) is 29.5 Å². The normalized spacial score (nSPS) is 9.15. The van der Waals surface area contributed by atoms with Gasteiger partial charge in [0, 0.05) is 5.41 Å². The van der Waals surface area contributed by atoms with E-state index in [1.807, 2.05) is 0 Å². The molecule has 0 amide bonds.